The largest absolute Gasteiger partial charge is 0.491 e. The van der Waals surface area contributed by atoms with E-state index in [1.54, 1.807) is 0 Å². The van der Waals surface area contributed by atoms with E-state index in [-0.39, 0.29) is 12.0 Å². The topological polar surface area (TPSA) is 47.6 Å². The monoisotopic (exact) mass is 405 g/mol. The first-order valence-electron chi connectivity index (χ1n) is 10.7. The molecule has 0 saturated heterocycles. The third-order valence-corrected chi connectivity index (χ3v) is 4.90. The summed E-state index contributed by atoms with van der Waals surface area (Å²) in [5.74, 6) is 1.55. The number of carbonyl (C=O) groups excluding carboxylic acids is 1. The van der Waals surface area contributed by atoms with Gasteiger partial charge in [0.05, 0.1) is 6.10 Å². The van der Waals surface area contributed by atoms with Crippen molar-refractivity contribution in [1.29, 1.82) is 0 Å². The predicted molar refractivity (Wildman–Crippen MR) is 122 cm³/mol. The van der Waals surface area contributed by atoms with E-state index < -0.39 is 6.10 Å². The summed E-state index contributed by atoms with van der Waals surface area (Å²) in [7, 11) is 0. The highest BCUT2D eigenvalue weighted by molar-refractivity contribution is 5.84. The molecule has 0 bridgehead atoms. The molecule has 0 radical (unpaired) electrons. The third-order valence-electron chi connectivity index (χ3n) is 4.90. The molecule has 3 aromatic carbocycles. The molecule has 1 N–H and O–H groups in total. The van der Waals surface area contributed by atoms with Gasteiger partial charge in [0.2, 0.25) is 0 Å². The predicted octanol–water partition coefficient (Wildman–Crippen LogP) is 5.53. The first kappa shape index (κ1) is 21.7. The van der Waals surface area contributed by atoms with E-state index in [4.69, 9.17) is 9.47 Å². The summed E-state index contributed by atoms with van der Waals surface area (Å²) in [5, 5.41) is 5.28. The van der Waals surface area contributed by atoms with E-state index in [0.29, 0.717) is 13.0 Å². The number of hydrogen-bond donors (Lipinski definition) is 1. The molecule has 0 saturated carbocycles. The van der Waals surface area contributed by atoms with Crippen molar-refractivity contribution in [2.45, 2.75) is 52.2 Å². The van der Waals surface area contributed by atoms with Crippen LogP contribution in [0, 0.1) is 0 Å². The van der Waals surface area contributed by atoms with Gasteiger partial charge in [0.25, 0.3) is 5.91 Å². The number of hydrogen-bond acceptors (Lipinski definition) is 3. The smallest absolute Gasteiger partial charge is 0.261 e. The van der Waals surface area contributed by atoms with Crippen molar-refractivity contribution in [3.05, 3.63) is 72.3 Å². The zero-order valence-corrected chi connectivity index (χ0v) is 18.1. The zero-order valence-electron chi connectivity index (χ0n) is 18.1. The van der Waals surface area contributed by atoms with Gasteiger partial charge >= 0.3 is 0 Å². The van der Waals surface area contributed by atoms with Crippen LogP contribution >= 0.6 is 0 Å². The zero-order chi connectivity index (χ0) is 21.3. The number of rotatable bonds is 10. The quantitative estimate of drug-likeness (QED) is 0.451. The average molecular weight is 406 g/mol. The molecule has 30 heavy (non-hydrogen) atoms. The normalized spacial score (nSPS) is 12.0. The van der Waals surface area contributed by atoms with Crippen LogP contribution in [0.1, 0.15) is 39.2 Å². The van der Waals surface area contributed by atoms with Crippen molar-refractivity contribution in [3.8, 4) is 11.5 Å². The van der Waals surface area contributed by atoms with Crippen LogP contribution in [-0.2, 0) is 11.2 Å². The molecule has 0 heterocycles. The highest BCUT2D eigenvalue weighted by Crippen LogP contribution is 2.22. The molecule has 158 valence electrons. The Morgan fingerprint density at radius 2 is 1.60 bits per heavy atom. The number of benzene rings is 3. The van der Waals surface area contributed by atoms with Crippen LogP contribution in [0.5, 0.6) is 11.5 Å². The van der Waals surface area contributed by atoms with E-state index in [2.05, 4.69) is 23.5 Å². The Balaban J connectivity index is 1.45. The summed E-state index contributed by atoms with van der Waals surface area (Å²) >= 11 is 0. The second-order valence-corrected chi connectivity index (χ2v) is 7.73. The van der Waals surface area contributed by atoms with Gasteiger partial charge in [0.15, 0.2) is 6.10 Å². The van der Waals surface area contributed by atoms with Crippen molar-refractivity contribution in [3.63, 3.8) is 0 Å². The van der Waals surface area contributed by atoms with Gasteiger partial charge in [-0.05, 0) is 73.7 Å². The van der Waals surface area contributed by atoms with E-state index in [1.165, 1.54) is 5.56 Å². The second-order valence-electron chi connectivity index (χ2n) is 7.73. The fourth-order valence-corrected chi connectivity index (χ4v) is 3.35. The van der Waals surface area contributed by atoms with Crippen molar-refractivity contribution in [2.24, 2.45) is 0 Å². The summed E-state index contributed by atoms with van der Waals surface area (Å²) in [4.78, 5) is 12.5. The van der Waals surface area contributed by atoms with Gasteiger partial charge in [-0.1, -0.05) is 49.4 Å². The lowest BCUT2D eigenvalue weighted by molar-refractivity contribution is -0.128. The molecule has 0 unspecified atom stereocenters. The summed E-state index contributed by atoms with van der Waals surface area (Å²) in [6, 6.07) is 22.2. The number of carbonyl (C=O) groups is 1. The Morgan fingerprint density at radius 3 is 2.30 bits per heavy atom. The SMILES string of the molecule is CC[C@H](Oc1ccc2ccccc2c1)C(=O)NCCCc1ccc(OC(C)C)cc1. The molecular weight excluding hydrogens is 374 g/mol. The Bertz CT molecular complexity index is 950. The van der Waals surface area contributed by atoms with Gasteiger partial charge in [-0.2, -0.15) is 0 Å². The van der Waals surface area contributed by atoms with Crippen LogP contribution in [0.2, 0.25) is 0 Å². The highest BCUT2D eigenvalue weighted by Gasteiger charge is 2.18. The fourth-order valence-electron chi connectivity index (χ4n) is 3.35. The van der Waals surface area contributed by atoms with E-state index in [0.717, 1.165) is 35.1 Å². The lowest BCUT2D eigenvalue weighted by Gasteiger charge is -2.17. The number of aryl methyl sites for hydroxylation is 1. The first-order valence-corrected chi connectivity index (χ1v) is 10.7. The number of nitrogens with one attached hydrogen (secondary N) is 1. The molecule has 0 spiro atoms. The summed E-state index contributed by atoms with van der Waals surface area (Å²) in [5.41, 5.74) is 1.24. The minimum Gasteiger partial charge on any atom is -0.491 e. The Kier molecular flexibility index (Phi) is 7.72. The maximum absolute atomic E-state index is 12.5. The molecule has 0 aromatic heterocycles. The van der Waals surface area contributed by atoms with Gasteiger partial charge in [0.1, 0.15) is 11.5 Å². The molecule has 1 atom stereocenters. The Labute approximate surface area is 179 Å². The molecule has 0 aliphatic rings. The van der Waals surface area contributed by atoms with E-state index in [1.807, 2.05) is 69.3 Å². The van der Waals surface area contributed by atoms with E-state index >= 15 is 0 Å². The van der Waals surface area contributed by atoms with Gasteiger partial charge in [-0.25, -0.2) is 0 Å². The lowest BCUT2D eigenvalue weighted by Crippen LogP contribution is -2.38. The van der Waals surface area contributed by atoms with Crippen molar-refractivity contribution < 1.29 is 14.3 Å². The fraction of sp³-hybridized carbons (Fsp3) is 0.346. The Morgan fingerprint density at radius 1 is 0.900 bits per heavy atom. The van der Waals surface area contributed by atoms with Crippen LogP contribution in [0.4, 0.5) is 0 Å². The van der Waals surface area contributed by atoms with Crippen molar-refractivity contribution in [1.82, 2.24) is 5.32 Å². The standard InChI is InChI=1S/C26H31NO3/c1-4-25(30-24-16-13-21-9-5-6-10-22(21)18-24)26(28)27-17-7-8-20-11-14-23(15-12-20)29-19(2)3/h5-6,9-16,18-19,25H,4,7-8,17H2,1-3H3,(H,27,28)/t25-/m0/s1. The van der Waals surface area contributed by atoms with Gasteiger partial charge in [-0.3, -0.25) is 4.79 Å². The molecule has 3 aromatic rings. The van der Waals surface area contributed by atoms with Crippen molar-refractivity contribution >= 4 is 16.7 Å². The number of fused-ring (bicyclic) bond motifs is 1. The molecular formula is C26H31NO3. The van der Waals surface area contributed by atoms with Crippen LogP contribution in [0.3, 0.4) is 0 Å². The number of amides is 1. The molecule has 4 nitrogen and oxygen atoms in total. The van der Waals surface area contributed by atoms with Gasteiger partial charge in [0, 0.05) is 6.54 Å². The number of ether oxygens (including phenoxy) is 2. The Hall–Kier alpha value is -3.01. The summed E-state index contributed by atoms with van der Waals surface area (Å²) in [6.45, 7) is 6.63. The molecule has 0 fully saturated rings. The second kappa shape index (κ2) is 10.7. The molecule has 0 aliphatic heterocycles. The van der Waals surface area contributed by atoms with Gasteiger partial charge in [-0.15, -0.1) is 0 Å². The van der Waals surface area contributed by atoms with Crippen LogP contribution in [0.25, 0.3) is 10.8 Å². The maximum Gasteiger partial charge on any atom is 0.261 e. The van der Waals surface area contributed by atoms with E-state index in [9.17, 15) is 4.79 Å². The molecule has 3 rings (SSSR count). The van der Waals surface area contributed by atoms with Gasteiger partial charge < -0.3 is 14.8 Å². The maximum atomic E-state index is 12.5. The van der Waals surface area contributed by atoms with Crippen LogP contribution < -0.4 is 14.8 Å². The van der Waals surface area contributed by atoms with Crippen molar-refractivity contribution in [2.75, 3.05) is 6.54 Å². The summed E-state index contributed by atoms with van der Waals surface area (Å²) in [6.07, 6.45) is 2.09. The molecule has 0 aliphatic carbocycles. The first-order chi connectivity index (χ1) is 14.5. The minimum atomic E-state index is -0.487. The third kappa shape index (κ3) is 6.24. The lowest BCUT2D eigenvalue weighted by atomic mass is 10.1. The highest BCUT2D eigenvalue weighted by atomic mass is 16.5. The minimum absolute atomic E-state index is 0.0636. The van der Waals surface area contributed by atoms with Crippen LogP contribution in [0.15, 0.2) is 66.7 Å². The summed E-state index contributed by atoms with van der Waals surface area (Å²) < 4.78 is 11.6. The average Bonchev–Trinajstić information content (AvgIpc) is 2.75. The van der Waals surface area contributed by atoms with Crippen LogP contribution in [-0.4, -0.2) is 24.7 Å². The molecule has 4 heteroatoms. The molecule has 1 amide bonds.